The fourth-order valence-electron chi connectivity index (χ4n) is 2.67. The fraction of sp³-hybridized carbons (Fsp3) is 0.211. The number of hydrogen-bond acceptors (Lipinski definition) is 3. The third kappa shape index (κ3) is 3.50. The molecule has 23 heavy (non-hydrogen) atoms. The zero-order valence-corrected chi connectivity index (χ0v) is 12.9. The molecule has 3 N–H and O–H groups in total. The van der Waals surface area contributed by atoms with Crippen LogP contribution >= 0.6 is 0 Å². The molecule has 1 amide bonds. The first-order chi connectivity index (χ1) is 11.0. The second-order valence-electron chi connectivity index (χ2n) is 5.85. The van der Waals surface area contributed by atoms with E-state index in [0.717, 1.165) is 16.2 Å². The van der Waals surface area contributed by atoms with E-state index in [9.17, 15) is 15.0 Å². The van der Waals surface area contributed by atoms with E-state index in [2.05, 4.69) is 23.5 Å². The molecule has 2 atom stereocenters. The second kappa shape index (κ2) is 6.36. The molecule has 0 saturated heterocycles. The van der Waals surface area contributed by atoms with Crippen molar-refractivity contribution in [3.8, 4) is 0 Å². The van der Waals surface area contributed by atoms with Gasteiger partial charge in [0, 0.05) is 12.1 Å². The van der Waals surface area contributed by atoms with Gasteiger partial charge in [0.05, 0.1) is 6.10 Å². The Kier molecular flexibility index (Phi) is 4.28. The lowest BCUT2D eigenvalue weighted by Gasteiger charge is -2.13. The summed E-state index contributed by atoms with van der Waals surface area (Å²) in [6.07, 6.45) is -1.93. The smallest absolute Gasteiger partial charge is 0.253 e. The standard InChI is InChI=1S/C19H19NO3/c1-12(21)8-18(22)19(23)20-17-7-6-15-9-13-4-2-3-5-14(13)10-16(15)11-17/h2-7,9-12,18,21-22H,8H2,1H3,(H,20,23). The number of carbonyl (C=O) groups is 1. The van der Waals surface area contributed by atoms with Gasteiger partial charge in [-0.3, -0.25) is 4.79 Å². The Balaban J connectivity index is 1.87. The van der Waals surface area contributed by atoms with Crippen molar-refractivity contribution >= 4 is 33.1 Å². The van der Waals surface area contributed by atoms with Crippen molar-refractivity contribution in [3.05, 3.63) is 54.6 Å². The summed E-state index contributed by atoms with van der Waals surface area (Å²) in [6.45, 7) is 1.54. The molecule has 118 valence electrons. The van der Waals surface area contributed by atoms with Crippen molar-refractivity contribution in [2.45, 2.75) is 25.6 Å². The van der Waals surface area contributed by atoms with Crippen LogP contribution in [0.25, 0.3) is 21.5 Å². The number of anilines is 1. The van der Waals surface area contributed by atoms with E-state index in [0.29, 0.717) is 5.69 Å². The monoisotopic (exact) mass is 309 g/mol. The molecule has 3 aromatic rings. The Morgan fingerprint density at radius 1 is 0.957 bits per heavy atom. The summed E-state index contributed by atoms with van der Waals surface area (Å²) in [7, 11) is 0. The van der Waals surface area contributed by atoms with E-state index in [-0.39, 0.29) is 6.42 Å². The molecule has 4 heteroatoms. The van der Waals surface area contributed by atoms with Crippen molar-refractivity contribution in [1.29, 1.82) is 0 Å². The minimum atomic E-state index is -1.22. The average Bonchev–Trinajstić information content (AvgIpc) is 2.52. The van der Waals surface area contributed by atoms with Crippen molar-refractivity contribution in [1.82, 2.24) is 0 Å². The van der Waals surface area contributed by atoms with E-state index >= 15 is 0 Å². The van der Waals surface area contributed by atoms with Crippen molar-refractivity contribution < 1.29 is 15.0 Å². The van der Waals surface area contributed by atoms with Gasteiger partial charge in [0.25, 0.3) is 5.91 Å². The average molecular weight is 309 g/mol. The Morgan fingerprint density at radius 3 is 2.22 bits per heavy atom. The van der Waals surface area contributed by atoms with Crippen LogP contribution in [0.4, 0.5) is 5.69 Å². The van der Waals surface area contributed by atoms with Gasteiger partial charge in [-0.05, 0) is 52.7 Å². The normalized spacial score (nSPS) is 13.9. The summed E-state index contributed by atoms with van der Waals surface area (Å²) in [6, 6.07) is 17.9. The van der Waals surface area contributed by atoms with Crippen LogP contribution in [0.3, 0.4) is 0 Å². The largest absolute Gasteiger partial charge is 0.393 e. The summed E-state index contributed by atoms with van der Waals surface area (Å²) < 4.78 is 0. The first kappa shape index (κ1) is 15.5. The molecule has 0 spiro atoms. The predicted molar refractivity (Wildman–Crippen MR) is 92.4 cm³/mol. The number of aliphatic hydroxyl groups excluding tert-OH is 2. The first-order valence-electron chi connectivity index (χ1n) is 7.62. The van der Waals surface area contributed by atoms with Crippen LogP contribution in [0.5, 0.6) is 0 Å². The van der Waals surface area contributed by atoms with Gasteiger partial charge >= 0.3 is 0 Å². The van der Waals surface area contributed by atoms with Crippen molar-refractivity contribution in [2.75, 3.05) is 5.32 Å². The minimum Gasteiger partial charge on any atom is -0.393 e. The summed E-state index contributed by atoms with van der Waals surface area (Å²) in [5.74, 6) is -0.508. The summed E-state index contributed by atoms with van der Waals surface area (Å²) in [5, 5.41) is 26.1. The molecule has 0 radical (unpaired) electrons. The maximum atomic E-state index is 11.9. The lowest BCUT2D eigenvalue weighted by atomic mass is 10.0. The number of nitrogens with one attached hydrogen (secondary N) is 1. The highest BCUT2D eigenvalue weighted by atomic mass is 16.3. The van der Waals surface area contributed by atoms with Crippen LogP contribution in [0, 0.1) is 0 Å². The molecule has 0 aliphatic heterocycles. The van der Waals surface area contributed by atoms with E-state index in [1.165, 1.54) is 12.3 Å². The van der Waals surface area contributed by atoms with Gasteiger partial charge in [0.15, 0.2) is 0 Å². The summed E-state index contributed by atoms with van der Waals surface area (Å²) in [5.41, 5.74) is 0.627. The highest BCUT2D eigenvalue weighted by Crippen LogP contribution is 2.25. The minimum absolute atomic E-state index is 0.0179. The summed E-state index contributed by atoms with van der Waals surface area (Å²) >= 11 is 0. The maximum Gasteiger partial charge on any atom is 0.253 e. The fourth-order valence-corrected chi connectivity index (χ4v) is 2.67. The van der Waals surface area contributed by atoms with Crippen molar-refractivity contribution in [2.24, 2.45) is 0 Å². The molecule has 3 rings (SSSR count). The molecule has 0 aromatic heterocycles. The van der Waals surface area contributed by atoms with E-state index in [1.54, 1.807) is 0 Å². The number of hydrogen-bond donors (Lipinski definition) is 3. The molecule has 0 saturated carbocycles. The number of rotatable bonds is 4. The highest BCUT2D eigenvalue weighted by molar-refractivity contribution is 6.01. The molecule has 0 fully saturated rings. The van der Waals surface area contributed by atoms with E-state index < -0.39 is 18.1 Å². The molecule has 0 aliphatic carbocycles. The molecule has 2 unspecified atom stereocenters. The van der Waals surface area contributed by atoms with Gasteiger partial charge in [0.2, 0.25) is 0 Å². The topological polar surface area (TPSA) is 69.6 Å². The number of amides is 1. The number of fused-ring (bicyclic) bond motifs is 2. The SMILES string of the molecule is CC(O)CC(O)C(=O)Nc1ccc2cc3ccccc3cc2c1. The predicted octanol–water partition coefficient (Wildman–Crippen LogP) is 3.06. The van der Waals surface area contributed by atoms with E-state index in [1.807, 2.05) is 36.4 Å². The number of benzene rings is 3. The quantitative estimate of drug-likeness (QED) is 0.649. The molecular weight excluding hydrogens is 290 g/mol. The molecule has 0 aliphatic rings. The second-order valence-corrected chi connectivity index (χ2v) is 5.85. The van der Waals surface area contributed by atoms with Crippen LogP contribution in [0.2, 0.25) is 0 Å². The molecule has 3 aromatic carbocycles. The number of carbonyl (C=O) groups excluding carboxylic acids is 1. The van der Waals surface area contributed by atoms with Crippen LogP contribution in [-0.4, -0.2) is 28.3 Å². The van der Waals surface area contributed by atoms with Gasteiger partial charge in [-0.1, -0.05) is 30.3 Å². The van der Waals surface area contributed by atoms with Crippen LogP contribution in [0.1, 0.15) is 13.3 Å². The highest BCUT2D eigenvalue weighted by Gasteiger charge is 2.17. The number of aliphatic hydroxyl groups is 2. The van der Waals surface area contributed by atoms with Crippen molar-refractivity contribution in [3.63, 3.8) is 0 Å². The van der Waals surface area contributed by atoms with Crippen LogP contribution in [0.15, 0.2) is 54.6 Å². The van der Waals surface area contributed by atoms with Gasteiger partial charge in [-0.2, -0.15) is 0 Å². The Hall–Kier alpha value is -2.43. The Labute approximate surface area is 134 Å². The third-order valence-electron chi connectivity index (χ3n) is 3.84. The van der Waals surface area contributed by atoms with Gasteiger partial charge < -0.3 is 15.5 Å². The molecule has 0 heterocycles. The lowest BCUT2D eigenvalue weighted by Crippen LogP contribution is -2.30. The maximum absolute atomic E-state index is 11.9. The lowest BCUT2D eigenvalue weighted by molar-refractivity contribution is -0.125. The van der Waals surface area contributed by atoms with Crippen LogP contribution in [-0.2, 0) is 4.79 Å². The van der Waals surface area contributed by atoms with Gasteiger partial charge in [0.1, 0.15) is 6.10 Å². The third-order valence-corrected chi connectivity index (χ3v) is 3.84. The molecule has 4 nitrogen and oxygen atoms in total. The molecular formula is C19H19NO3. The van der Waals surface area contributed by atoms with Crippen LogP contribution < -0.4 is 5.32 Å². The first-order valence-corrected chi connectivity index (χ1v) is 7.62. The Morgan fingerprint density at radius 2 is 1.57 bits per heavy atom. The molecule has 0 bridgehead atoms. The van der Waals surface area contributed by atoms with Gasteiger partial charge in [-0.25, -0.2) is 0 Å². The summed E-state index contributed by atoms with van der Waals surface area (Å²) in [4.78, 5) is 11.9. The Bertz CT molecular complexity index is 857. The van der Waals surface area contributed by atoms with E-state index in [4.69, 9.17) is 0 Å². The zero-order valence-electron chi connectivity index (χ0n) is 12.9. The zero-order chi connectivity index (χ0) is 16.4. The van der Waals surface area contributed by atoms with Gasteiger partial charge in [-0.15, -0.1) is 0 Å².